The Morgan fingerprint density at radius 3 is 2.82 bits per heavy atom. The van der Waals surface area contributed by atoms with E-state index >= 15 is 0 Å². The van der Waals surface area contributed by atoms with Gasteiger partial charge in [-0.15, -0.1) is 0 Å². The zero-order chi connectivity index (χ0) is 15.4. The summed E-state index contributed by atoms with van der Waals surface area (Å²) < 4.78 is 15.5. The molecule has 2 aromatic rings. The number of aromatic nitrogens is 2. The van der Waals surface area contributed by atoms with E-state index < -0.39 is 0 Å². The molecule has 1 fully saturated rings. The van der Waals surface area contributed by atoms with E-state index in [1.54, 1.807) is 24.4 Å². The summed E-state index contributed by atoms with van der Waals surface area (Å²) in [6, 6.07) is 8.77. The summed E-state index contributed by atoms with van der Waals surface area (Å²) in [4.78, 5) is 12.1. The Kier molecular flexibility index (Phi) is 4.51. The molecule has 22 heavy (non-hydrogen) atoms. The molecule has 1 saturated carbocycles. The van der Waals surface area contributed by atoms with Crippen molar-refractivity contribution >= 4 is 11.7 Å². The number of carbonyl (C=O) groups excluding carboxylic acids is 1. The van der Waals surface area contributed by atoms with Crippen molar-refractivity contribution in [2.45, 2.75) is 44.6 Å². The van der Waals surface area contributed by atoms with Crippen LogP contribution in [0, 0.1) is 5.82 Å². The lowest BCUT2D eigenvalue weighted by atomic mass is 10.1. The van der Waals surface area contributed by atoms with Gasteiger partial charge in [0, 0.05) is 12.5 Å². The summed E-state index contributed by atoms with van der Waals surface area (Å²) in [6.45, 7) is 0. The first-order valence-corrected chi connectivity index (χ1v) is 7.81. The quantitative estimate of drug-likeness (QED) is 0.915. The average molecular weight is 301 g/mol. The van der Waals surface area contributed by atoms with Crippen LogP contribution >= 0.6 is 0 Å². The summed E-state index contributed by atoms with van der Waals surface area (Å²) in [6.07, 6.45) is 7.02. The van der Waals surface area contributed by atoms with E-state index in [1.807, 2.05) is 10.7 Å². The summed E-state index contributed by atoms with van der Waals surface area (Å²) in [5.74, 6) is 0.375. The fourth-order valence-corrected chi connectivity index (χ4v) is 3.01. The lowest BCUT2D eigenvalue weighted by Gasteiger charge is -2.14. The van der Waals surface area contributed by atoms with E-state index in [0.29, 0.717) is 18.0 Å². The first kappa shape index (κ1) is 14.8. The third-order valence-electron chi connectivity index (χ3n) is 4.19. The molecule has 0 atom stereocenters. The Morgan fingerprint density at radius 2 is 2.05 bits per heavy atom. The van der Waals surface area contributed by atoms with Crippen LogP contribution < -0.4 is 5.32 Å². The fourth-order valence-electron chi connectivity index (χ4n) is 3.01. The maximum absolute atomic E-state index is 13.5. The lowest BCUT2D eigenvalue weighted by molar-refractivity contribution is -0.116. The van der Waals surface area contributed by atoms with Gasteiger partial charge < -0.3 is 5.32 Å². The second-order valence-electron chi connectivity index (χ2n) is 5.74. The molecule has 116 valence electrons. The Balaban J connectivity index is 1.58. The summed E-state index contributed by atoms with van der Waals surface area (Å²) in [5, 5.41) is 7.22. The highest BCUT2D eigenvalue weighted by molar-refractivity contribution is 5.89. The van der Waals surface area contributed by atoms with Crippen molar-refractivity contribution in [2.75, 3.05) is 5.32 Å². The molecule has 0 radical (unpaired) electrons. The van der Waals surface area contributed by atoms with Crippen molar-refractivity contribution in [3.63, 3.8) is 0 Å². The molecule has 1 N–H and O–H groups in total. The van der Waals surface area contributed by atoms with Crippen molar-refractivity contribution in [3.8, 4) is 0 Å². The van der Waals surface area contributed by atoms with E-state index in [9.17, 15) is 9.18 Å². The van der Waals surface area contributed by atoms with Crippen LogP contribution in [0.25, 0.3) is 0 Å². The minimum absolute atomic E-state index is 0.108. The van der Waals surface area contributed by atoms with Gasteiger partial charge in [0.2, 0.25) is 5.91 Å². The number of hydrogen-bond acceptors (Lipinski definition) is 2. The Labute approximate surface area is 129 Å². The minimum Gasteiger partial charge on any atom is -0.311 e. The Morgan fingerprint density at radius 1 is 1.27 bits per heavy atom. The first-order valence-electron chi connectivity index (χ1n) is 7.81. The molecule has 1 aliphatic carbocycles. The molecule has 4 nitrogen and oxygen atoms in total. The third-order valence-corrected chi connectivity index (χ3v) is 4.19. The van der Waals surface area contributed by atoms with Crippen molar-refractivity contribution in [1.82, 2.24) is 9.78 Å². The van der Waals surface area contributed by atoms with Gasteiger partial charge in [0.25, 0.3) is 0 Å². The summed E-state index contributed by atoms with van der Waals surface area (Å²) >= 11 is 0. The zero-order valence-electron chi connectivity index (χ0n) is 12.5. The van der Waals surface area contributed by atoms with Crippen LogP contribution in [0.1, 0.15) is 43.7 Å². The van der Waals surface area contributed by atoms with Gasteiger partial charge in [-0.1, -0.05) is 31.0 Å². The molecule has 0 saturated heterocycles. The van der Waals surface area contributed by atoms with Crippen LogP contribution in [0.2, 0.25) is 0 Å². The molecule has 1 heterocycles. The number of nitrogens with one attached hydrogen (secondary N) is 1. The standard InChI is InChI=1S/C17H20FN3O/c18-15-8-4-1-5-13(15)9-10-17(22)20-16-11-12-19-21(16)14-6-2-3-7-14/h1,4-5,8,11-12,14H,2-3,6-7,9-10H2,(H,20,22). The van der Waals surface area contributed by atoms with Crippen LogP contribution in [0.5, 0.6) is 0 Å². The monoisotopic (exact) mass is 301 g/mol. The SMILES string of the molecule is O=C(CCc1ccccc1F)Nc1ccnn1C1CCCC1. The van der Waals surface area contributed by atoms with Crippen molar-refractivity contribution in [1.29, 1.82) is 0 Å². The van der Waals surface area contributed by atoms with Crippen molar-refractivity contribution in [3.05, 3.63) is 47.9 Å². The highest BCUT2D eigenvalue weighted by Crippen LogP contribution is 2.31. The second kappa shape index (κ2) is 6.73. The zero-order valence-corrected chi connectivity index (χ0v) is 12.5. The largest absolute Gasteiger partial charge is 0.311 e. The van der Waals surface area contributed by atoms with Gasteiger partial charge in [-0.2, -0.15) is 5.10 Å². The van der Waals surface area contributed by atoms with Crippen molar-refractivity contribution in [2.24, 2.45) is 0 Å². The maximum atomic E-state index is 13.5. The van der Waals surface area contributed by atoms with E-state index in [2.05, 4.69) is 10.4 Å². The second-order valence-corrected chi connectivity index (χ2v) is 5.74. The Hall–Kier alpha value is -2.17. The molecule has 1 aliphatic rings. The smallest absolute Gasteiger partial charge is 0.225 e. The maximum Gasteiger partial charge on any atom is 0.225 e. The number of benzene rings is 1. The fraction of sp³-hybridized carbons (Fsp3) is 0.412. The molecule has 0 spiro atoms. The van der Waals surface area contributed by atoms with Crippen LogP contribution in [0.4, 0.5) is 10.2 Å². The lowest BCUT2D eigenvalue weighted by Crippen LogP contribution is -2.18. The van der Waals surface area contributed by atoms with E-state index in [4.69, 9.17) is 0 Å². The molecule has 1 aromatic heterocycles. The van der Waals surface area contributed by atoms with Gasteiger partial charge in [0.05, 0.1) is 12.2 Å². The van der Waals surface area contributed by atoms with Crippen LogP contribution in [-0.4, -0.2) is 15.7 Å². The number of hydrogen-bond donors (Lipinski definition) is 1. The number of nitrogens with zero attached hydrogens (tertiary/aromatic N) is 2. The van der Waals surface area contributed by atoms with E-state index in [-0.39, 0.29) is 18.1 Å². The normalized spacial score (nSPS) is 15.1. The molecular weight excluding hydrogens is 281 g/mol. The molecule has 0 bridgehead atoms. The molecule has 3 rings (SSSR count). The predicted molar refractivity (Wildman–Crippen MR) is 83.1 cm³/mol. The van der Waals surface area contributed by atoms with Gasteiger partial charge in [0.1, 0.15) is 11.6 Å². The predicted octanol–water partition coefficient (Wildman–Crippen LogP) is 3.71. The van der Waals surface area contributed by atoms with Gasteiger partial charge >= 0.3 is 0 Å². The first-order chi connectivity index (χ1) is 10.7. The average Bonchev–Trinajstić information content (AvgIpc) is 3.17. The number of rotatable bonds is 5. The molecular formula is C17H20FN3O. The van der Waals surface area contributed by atoms with E-state index in [1.165, 1.54) is 18.9 Å². The van der Waals surface area contributed by atoms with Crippen molar-refractivity contribution < 1.29 is 9.18 Å². The molecule has 1 aromatic carbocycles. The number of aryl methyl sites for hydroxylation is 1. The van der Waals surface area contributed by atoms with Gasteiger partial charge in [-0.3, -0.25) is 4.79 Å². The van der Waals surface area contributed by atoms with Gasteiger partial charge in [-0.05, 0) is 30.9 Å². The van der Waals surface area contributed by atoms with Crippen LogP contribution in [-0.2, 0) is 11.2 Å². The van der Waals surface area contributed by atoms with E-state index in [0.717, 1.165) is 18.7 Å². The highest BCUT2D eigenvalue weighted by atomic mass is 19.1. The minimum atomic E-state index is -0.258. The highest BCUT2D eigenvalue weighted by Gasteiger charge is 2.20. The molecule has 0 aliphatic heterocycles. The third kappa shape index (κ3) is 3.35. The van der Waals surface area contributed by atoms with Crippen LogP contribution in [0.15, 0.2) is 36.5 Å². The molecule has 1 amide bonds. The summed E-state index contributed by atoms with van der Waals surface area (Å²) in [5.41, 5.74) is 0.571. The number of anilines is 1. The topological polar surface area (TPSA) is 46.9 Å². The number of carbonyl (C=O) groups is 1. The number of halogens is 1. The van der Waals surface area contributed by atoms with Gasteiger partial charge in [0.15, 0.2) is 0 Å². The Bertz CT molecular complexity index is 647. The van der Waals surface area contributed by atoms with Crippen LogP contribution in [0.3, 0.4) is 0 Å². The summed E-state index contributed by atoms with van der Waals surface area (Å²) in [7, 11) is 0. The molecule has 0 unspecified atom stereocenters. The number of amides is 1. The molecule has 5 heteroatoms. The van der Waals surface area contributed by atoms with Gasteiger partial charge in [-0.25, -0.2) is 9.07 Å².